The molecule has 0 unspecified atom stereocenters. The Kier molecular flexibility index (Phi) is 3.48. The molecule has 140 valence electrons. The van der Waals surface area contributed by atoms with E-state index in [0.717, 1.165) is 22.4 Å². The number of carbonyl (C=O) groups excluding carboxylic acids is 1. The Morgan fingerprint density at radius 1 is 1.18 bits per heavy atom. The number of nitro groups is 1. The van der Waals surface area contributed by atoms with Gasteiger partial charge in [-0.25, -0.2) is 0 Å². The lowest BCUT2D eigenvalue weighted by Crippen LogP contribution is -2.36. The van der Waals surface area contributed by atoms with E-state index in [1.807, 2.05) is 6.07 Å². The lowest BCUT2D eigenvalue weighted by atomic mass is 9.86. The second-order valence-corrected chi connectivity index (χ2v) is 6.99. The van der Waals surface area contributed by atoms with Gasteiger partial charge in [-0.05, 0) is 36.1 Å². The maximum absolute atomic E-state index is 12.3. The number of phenolic OH excluding ortho intramolecular Hbond substituents is 1. The SMILES string of the molecule is O=C1NCCn2nc3c(c21)CCc1cc(O)c(-c2cccc([N+](=O)[O-])c2)cc1-3. The highest BCUT2D eigenvalue weighted by Gasteiger charge is 2.30. The van der Waals surface area contributed by atoms with E-state index in [1.165, 1.54) is 12.1 Å². The first kappa shape index (κ1) is 16.5. The lowest BCUT2D eigenvalue weighted by molar-refractivity contribution is -0.384. The number of aromatic hydroxyl groups is 1. The number of hydrogen-bond donors (Lipinski definition) is 2. The predicted octanol–water partition coefficient (Wildman–Crippen LogP) is 2.67. The van der Waals surface area contributed by atoms with E-state index in [-0.39, 0.29) is 17.3 Å². The number of aromatic nitrogens is 2. The quantitative estimate of drug-likeness (QED) is 0.528. The van der Waals surface area contributed by atoms with Crippen LogP contribution >= 0.6 is 0 Å². The molecule has 8 heteroatoms. The van der Waals surface area contributed by atoms with E-state index in [2.05, 4.69) is 10.4 Å². The molecule has 5 rings (SSSR count). The molecule has 0 spiro atoms. The van der Waals surface area contributed by atoms with Gasteiger partial charge in [-0.3, -0.25) is 19.6 Å². The molecule has 0 fully saturated rings. The highest BCUT2D eigenvalue weighted by molar-refractivity contribution is 5.97. The molecule has 0 saturated carbocycles. The molecule has 3 aromatic rings. The summed E-state index contributed by atoms with van der Waals surface area (Å²) in [4.78, 5) is 22.9. The minimum Gasteiger partial charge on any atom is -0.507 e. The predicted molar refractivity (Wildman–Crippen MR) is 101 cm³/mol. The normalized spacial score (nSPS) is 14.6. The van der Waals surface area contributed by atoms with Crippen molar-refractivity contribution in [3.8, 4) is 28.1 Å². The van der Waals surface area contributed by atoms with Crippen molar-refractivity contribution in [1.29, 1.82) is 0 Å². The van der Waals surface area contributed by atoms with E-state index in [1.54, 1.807) is 22.9 Å². The van der Waals surface area contributed by atoms with Gasteiger partial charge in [-0.15, -0.1) is 0 Å². The number of amides is 1. The summed E-state index contributed by atoms with van der Waals surface area (Å²) in [5.41, 5.74) is 5.11. The average molecular weight is 376 g/mol. The Morgan fingerprint density at radius 3 is 2.86 bits per heavy atom. The number of nitrogens with one attached hydrogen (secondary N) is 1. The van der Waals surface area contributed by atoms with E-state index >= 15 is 0 Å². The van der Waals surface area contributed by atoms with Crippen molar-refractivity contribution in [3.05, 3.63) is 63.3 Å². The molecule has 2 heterocycles. The molecule has 28 heavy (non-hydrogen) atoms. The zero-order chi connectivity index (χ0) is 19.4. The van der Waals surface area contributed by atoms with Crippen molar-refractivity contribution >= 4 is 11.6 Å². The van der Waals surface area contributed by atoms with Crippen LogP contribution in [0, 0.1) is 10.1 Å². The Balaban J connectivity index is 1.69. The smallest absolute Gasteiger partial charge is 0.270 e. The Morgan fingerprint density at radius 2 is 2.04 bits per heavy atom. The summed E-state index contributed by atoms with van der Waals surface area (Å²) in [6.07, 6.45) is 1.37. The number of non-ortho nitro benzene ring substituents is 1. The molecule has 0 saturated heterocycles. The standard InChI is InChI=1S/C20H16N4O4/c25-17-9-12-4-5-14-18(22-23-7-6-21-20(26)19(14)23)16(12)10-15(17)11-2-1-3-13(8-11)24(27)28/h1-3,8-10,25H,4-7H2,(H,21,26). The number of carbonyl (C=O) groups is 1. The van der Waals surface area contributed by atoms with Crippen molar-refractivity contribution in [2.75, 3.05) is 6.54 Å². The summed E-state index contributed by atoms with van der Waals surface area (Å²) in [5.74, 6) is -0.0365. The summed E-state index contributed by atoms with van der Waals surface area (Å²) < 4.78 is 1.75. The van der Waals surface area contributed by atoms with Crippen LogP contribution in [0.1, 0.15) is 21.6 Å². The van der Waals surface area contributed by atoms with Crippen molar-refractivity contribution in [2.45, 2.75) is 19.4 Å². The third kappa shape index (κ3) is 2.38. The van der Waals surface area contributed by atoms with Gasteiger partial charge in [0.05, 0.1) is 17.2 Å². The van der Waals surface area contributed by atoms with Gasteiger partial charge in [0.15, 0.2) is 0 Å². The number of rotatable bonds is 2. The molecule has 2 N–H and O–H groups in total. The number of nitro benzene ring substituents is 1. The molecule has 1 aromatic heterocycles. The summed E-state index contributed by atoms with van der Waals surface area (Å²) in [5, 5.41) is 29.2. The van der Waals surface area contributed by atoms with E-state index in [0.29, 0.717) is 42.8 Å². The fourth-order valence-electron chi connectivity index (χ4n) is 4.06. The second-order valence-electron chi connectivity index (χ2n) is 6.99. The minimum atomic E-state index is -0.459. The van der Waals surface area contributed by atoms with Crippen molar-refractivity contribution in [2.24, 2.45) is 0 Å². The van der Waals surface area contributed by atoms with Crippen LogP contribution in [0.2, 0.25) is 0 Å². The van der Waals surface area contributed by atoms with Crippen LogP contribution in [0.3, 0.4) is 0 Å². The maximum Gasteiger partial charge on any atom is 0.270 e. The Labute approximate surface area is 159 Å². The van der Waals surface area contributed by atoms with Gasteiger partial charge in [-0.2, -0.15) is 5.10 Å². The zero-order valence-electron chi connectivity index (χ0n) is 14.8. The molecule has 1 aliphatic heterocycles. The first-order valence-corrected chi connectivity index (χ1v) is 9.02. The minimum absolute atomic E-state index is 0.0376. The fourth-order valence-corrected chi connectivity index (χ4v) is 4.06. The first-order chi connectivity index (χ1) is 13.5. The van der Waals surface area contributed by atoms with Crippen LogP contribution in [-0.4, -0.2) is 32.3 Å². The fraction of sp³-hybridized carbons (Fsp3) is 0.200. The topological polar surface area (TPSA) is 110 Å². The molecule has 2 aromatic carbocycles. The van der Waals surface area contributed by atoms with Gasteiger partial charge in [0.25, 0.3) is 11.6 Å². The largest absolute Gasteiger partial charge is 0.507 e. The van der Waals surface area contributed by atoms with Crippen LogP contribution in [0.25, 0.3) is 22.4 Å². The lowest BCUT2D eigenvalue weighted by Gasteiger charge is -2.19. The summed E-state index contributed by atoms with van der Waals surface area (Å²) in [6.45, 7) is 1.17. The summed E-state index contributed by atoms with van der Waals surface area (Å²) >= 11 is 0. The van der Waals surface area contributed by atoms with Gasteiger partial charge in [0, 0.05) is 35.4 Å². The number of benzene rings is 2. The average Bonchev–Trinajstić information content (AvgIpc) is 3.07. The molecule has 2 aliphatic rings. The molecule has 0 bridgehead atoms. The molecule has 8 nitrogen and oxygen atoms in total. The first-order valence-electron chi connectivity index (χ1n) is 9.02. The summed E-state index contributed by atoms with van der Waals surface area (Å²) in [7, 11) is 0. The molecular weight excluding hydrogens is 360 g/mol. The number of nitrogens with zero attached hydrogens (tertiary/aromatic N) is 3. The van der Waals surface area contributed by atoms with Crippen molar-refractivity contribution in [3.63, 3.8) is 0 Å². The molecule has 0 atom stereocenters. The maximum atomic E-state index is 12.3. The summed E-state index contributed by atoms with van der Waals surface area (Å²) in [6, 6.07) is 9.70. The highest BCUT2D eigenvalue weighted by atomic mass is 16.6. The van der Waals surface area contributed by atoms with E-state index in [9.17, 15) is 20.0 Å². The number of phenols is 1. The van der Waals surface area contributed by atoms with Crippen LogP contribution in [0.5, 0.6) is 5.75 Å². The molecule has 1 aliphatic carbocycles. The number of fused-ring (bicyclic) bond motifs is 5. The Hall–Kier alpha value is -3.68. The second kappa shape index (κ2) is 5.91. The molecule has 0 radical (unpaired) electrons. The van der Waals surface area contributed by atoms with Crippen LogP contribution in [0.15, 0.2) is 36.4 Å². The van der Waals surface area contributed by atoms with E-state index < -0.39 is 4.92 Å². The van der Waals surface area contributed by atoms with Crippen LogP contribution < -0.4 is 5.32 Å². The van der Waals surface area contributed by atoms with Gasteiger partial charge in [0.2, 0.25) is 0 Å². The monoisotopic (exact) mass is 376 g/mol. The molecular formula is C20H16N4O4. The van der Waals surface area contributed by atoms with Gasteiger partial charge in [0.1, 0.15) is 11.4 Å². The Bertz CT molecular complexity index is 1170. The van der Waals surface area contributed by atoms with Crippen LogP contribution in [0.4, 0.5) is 5.69 Å². The van der Waals surface area contributed by atoms with Crippen molar-refractivity contribution < 1.29 is 14.8 Å². The van der Waals surface area contributed by atoms with Crippen molar-refractivity contribution in [1.82, 2.24) is 15.1 Å². The van der Waals surface area contributed by atoms with Gasteiger partial charge in [-0.1, -0.05) is 12.1 Å². The molecule has 1 amide bonds. The highest BCUT2D eigenvalue weighted by Crippen LogP contribution is 2.41. The number of aryl methyl sites for hydroxylation is 1. The zero-order valence-corrected chi connectivity index (χ0v) is 14.8. The number of hydrogen-bond acceptors (Lipinski definition) is 5. The van der Waals surface area contributed by atoms with E-state index in [4.69, 9.17) is 0 Å². The van der Waals surface area contributed by atoms with Gasteiger partial charge >= 0.3 is 0 Å². The van der Waals surface area contributed by atoms with Gasteiger partial charge < -0.3 is 10.4 Å². The third-order valence-corrected chi connectivity index (χ3v) is 5.36. The van der Waals surface area contributed by atoms with Crippen LogP contribution in [-0.2, 0) is 19.4 Å². The third-order valence-electron chi connectivity index (χ3n) is 5.36.